The van der Waals surface area contributed by atoms with E-state index in [1.165, 1.54) is 43.0 Å². The summed E-state index contributed by atoms with van der Waals surface area (Å²) in [5, 5.41) is 27.4. The molecule has 0 saturated carbocycles. The monoisotopic (exact) mass is 978 g/mol. The third kappa shape index (κ3) is 17.9. The van der Waals surface area contributed by atoms with Crippen molar-refractivity contribution in [3.05, 3.63) is 29.8 Å². The maximum atomic E-state index is 14.4. The third-order valence-corrected chi connectivity index (χ3v) is 12.9. The maximum absolute atomic E-state index is 14.4. The number of rotatable bonds is 15. The van der Waals surface area contributed by atoms with Gasteiger partial charge in [-0.15, -0.1) is 0 Å². The van der Waals surface area contributed by atoms with Gasteiger partial charge >= 0.3 is 0 Å². The quantitative estimate of drug-likeness (QED) is 0.0741. The lowest BCUT2D eigenvalue weighted by Crippen LogP contribution is -2.63. The van der Waals surface area contributed by atoms with Crippen LogP contribution in [0.2, 0.25) is 0 Å². The minimum Gasteiger partial charge on any atom is -0.508 e. The molecule has 0 radical (unpaired) electrons. The van der Waals surface area contributed by atoms with Crippen LogP contribution in [0.1, 0.15) is 71.8 Å². The average molecular weight is 979 g/mol. The number of hydrogen-bond donors (Lipinski definition) is 12. The molecule has 370 valence electrons. The summed E-state index contributed by atoms with van der Waals surface area (Å²) < 4.78 is 0. The molecule has 2 saturated heterocycles. The lowest BCUT2D eigenvalue weighted by Gasteiger charge is -2.32. The van der Waals surface area contributed by atoms with E-state index in [2.05, 4.69) is 37.2 Å². The van der Waals surface area contributed by atoms with Gasteiger partial charge in [-0.1, -0.05) is 47.6 Å². The summed E-state index contributed by atoms with van der Waals surface area (Å²) in [6.07, 6.45) is -1.07. The van der Waals surface area contributed by atoms with E-state index in [9.17, 15) is 57.8 Å². The maximum Gasteiger partial charge on any atom is 0.246 e. The highest BCUT2D eigenvalue weighted by molar-refractivity contribution is 8.76. The van der Waals surface area contributed by atoms with Crippen molar-refractivity contribution in [1.29, 1.82) is 0 Å². The number of hydrogen-bond acceptors (Lipinski definition) is 15. The van der Waals surface area contributed by atoms with Gasteiger partial charge in [-0.25, -0.2) is 0 Å². The Bertz CT molecular complexity index is 2020. The van der Waals surface area contributed by atoms with Crippen molar-refractivity contribution in [1.82, 2.24) is 42.1 Å². The van der Waals surface area contributed by atoms with Crippen molar-refractivity contribution < 1.29 is 57.8 Å². The molecule has 0 unspecified atom stereocenters. The van der Waals surface area contributed by atoms with Gasteiger partial charge in [0.05, 0.1) is 19.0 Å². The third-order valence-electron chi connectivity index (χ3n) is 10.5. The van der Waals surface area contributed by atoms with Gasteiger partial charge in [0, 0.05) is 30.9 Å². The number of phenolic OH excluding ortho intramolecular Hbond substituents is 1. The number of phenols is 1. The van der Waals surface area contributed by atoms with E-state index >= 15 is 0 Å². The number of amides is 11. The number of nitrogens with one attached hydrogen (secondary N) is 7. The fraction of sp³-hybridized carbons (Fsp3) is 0.585. The molecule has 24 nitrogen and oxygen atoms in total. The van der Waals surface area contributed by atoms with Crippen LogP contribution in [0.4, 0.5) is 0 Å². The van der Waals surface area contributed by atoms with E-state index in [1.807, 2.05) is 13.8 Å². The molecule has 3 rings (SSSR count). The molecule has 1 aromatic carbocycles. The molecule has 0 spiro atoms. The summed E-state index contributed by atoms with van der Waals surface area (Å²) in [6.45, 7) is 5.81. The number of aromatic hydroxyl groups is 1. The Morgan fingerprint density at radius 3 is 2.06 bits per heavy atom. The molecule has 2 heterocycles. The molecule has 16 N–H and O–H groups in total. The number of nitrogens with zero attached hydrogens (tertiary/aromatic N) is 1. The molecule has 7 atom stereocenters. The Kier molecular flexibility index (Phi) is 21.1. The zero-order valence-corrected chi connectivity index (χ0v) is 39.4. The Balaban J connectivity index is 2.02. The number of likely N-dealkylation sites (tertiary alicyclic amines) is 1. The lowest BCUT2D eigenvalue weighted by molar-refractivity contribution is -0.142. The minimum atomic E-state index is -1.80. The summed E-state index contributed by atoms with van der Waals surface area (Å²) in [5.74, 6) is -9.98. The van der Waals surface area contributed by atoms with Crippen LogP contribution in [0.15, 0.2) is 24.3 Å². The fourth-order valence-corrected chi connectivity index (χ4v) is 9.19. The molecular weight excluding hydrogens is 917 g/mol. The Hall–Kier alpha value is -6.15. The SMILES string of the molecule is CC(C)C[C@H](NC(=O)[C@@H]1CCCN1C(=O)[C@@H]1CSSC[C@H](N)C(=O)N[C@@H](Cc2ccc(O)cc2)C(=O)NC(C)(C)C(=O)N[C@@H](CCC(N)=O)C(=O)N[C@@H](CC(N)=O)C(=O)N1)C(=O)NCC(N)=O. The zero-order chi connectivity index (χ0) is 50.2. The van der Waals surface area contributed by atoms with Crippen molar-refractivity contribution in [3.8, 4) is 5.75 Å². The largest absolute Gasteiger partial charge is 0.508 e. The molecule has 0 aliphatic carbocycles. The first-order chi connectivity index (χ1) is 31.4. The van der Waals surface area contributed by atoms with Gasteiger partial charge in [-0.3, -0.25) is 52.7 Å². The summed E-state index contributed by atoms with van der Waals surface area (Å²) in [7, 11) is 2.03. The molecule has 67 heavy (non-hydrogen) atoms. The molecule has 0 bridgehead atoms. The van der Waals surface area contributed by atoms with Crippen LogP contribution in [0.5, 0.6) is 5.75 Å². The molecular formula is C41H62N12O12S2. The van der Waals surface area contributed by atoms with Gasteiger partial charge in [-0.2, -0.15) is 0 Å². The molecule has 0 aromatic heterocycles. The topological polar surface area (TPSA) is 400 Å². The van der Waals surface area contributed by atoms with E-state index in [0.717, 1.165) is 21.6 Å². The lowest BCUT2D eigenvalue weighted by atomic mass is 9.99. The van der Waals surface area contributed by atoms with Crippen molar-refractivity contribution in [2.75, 3.05) is 24.6 Å². The predicted molar refractivity (Wildman–Crippen MR) is 245 cm³/mol. The molecule has 2 aliphatic heterocycles. The van der Waals surface area contributed by atoms with Crippen molar-refractivity contribution in [2.45, 2.75) is 120 Å². The van der Waals surface area contributed by atoms with E-state index in [0.29, 0.717) is 12.0 Å². The number of benzene rings is 1. The molecule has 2 aliphatic rings. The summed E-state index contributed by atoms with van der Waals surface area (Å²) >= 11 is 0. The zero-order valence-electron chi connectivity index (χ0n) is 37.7. The van der Waals surface area contributed by atoms with Crippen LogP contribution in [-0.4, -0.2) is 147 Å². The summed E-state index contributed by atoms with van der Waals surface area (Å²) in [5.41, 5.74) is 21.0. The van der Waals surface area contributed by atoms with Crippen molar-refractivity contribution in [2.24, 2.45) is 28.9 Å². The van der Waals surface area contributed by atoms with Gasteiger partial charge in [0.1, 0.15) is 47.5 Å². The smallest absolute Gasteiger partial charge is 0.246 e. The number of carbonyl (C=O) groups is 11. The van der Waals surface area contributed by atoms with Crippen LogP contribution in [0, 0.1) is 5.92 Å². The number of carbonyl (C=O) groups excluding carboxylic acids is 11. The van der Waals surface area contributed by atoms with Crippen LogP contribution in [-0.2, 0) is 59.2 Å². The van der Waals surface area contributed by atoms with E-state index < -0.39 is 139 Å². The molecule has 2 fully saturated rings. The highest BCUT2D eigenvalue weighted by atomic mass is 33.1. The van der Waals surface area contributed by atoms with E-state index in [4.69, 9.17) is 22.9 Å². The van der Waals surface area contributed by atoms with Crippen molar-refractivity contribution in [3.63, 3.8) is 0 Å². The van der Waals surface area contributed by atoms with E-state index in [1.54, 1.807) is 0 Å². The average Bonchev–Trinajstić information content (AvgIpc) is 3.74. The number of primary amides is 3. The number of nitrogens with two attached hydrogens (primary N) is 4. The van der Waals surface area contributed by atoms with E-state index in [-0.39, 0.29) is 49.0 Å². The summed E-state index contributed by atoms with van der Waals surface area (Å²) in [6, 6.07) is -3.80. The van der Waals surface area contributed by atoms with Gasteiger partial charge in [0.25, 0.3) is 0 Å². The van der Waals surface area contributed by atoms with Gasteiger partial charge in [0.2, 0.25) is 65.0 Å². The van der Waals surface area contributed by atoms with Crippen molar-refractivity contribution >= 4 is 86.6 Å². The van der Waals surface area contributed by atoms with Crippen LogP contribution in [0.3, 0.4) is 0 Å². The van der Waals surface area contributed by atoms with Gasteiger partial charge in [0.15, 0.2) is 0 Å². The van der Waals surface area contributed by atoms with Crippen LogP contribution in [0.25, 0.3) is 0 Å². The molecule has 11 amide bonds. The normalized spacial score (nSPS) is 23.9. The Morgan fingerprint density at radius 1 is 0.821 bits per heavy atom. The Labute approximate surface area is 394 Å². The fourth-order valence-electron chi connectivity index (χ4n) is 6.92. The molecule has 26 heteroatoms. The first kappa shape index (κ1) is 55.2. The second-order valence-corrected chi connectivity index (χ2v) is 19.7. The first-order valence-electron chi connectivity index (χ1n) is 21.4. The van der Waals surface area contributed by atoms with Crippen LogP contribution >= 0.6 is 21.6 Å². The Morgan fingerprint density at radius 2 is 1.45 bits per heavy atom. The second-order valence-electron chi connectivity index (χ2n) is 17.1. The van der Waals surface area contributed by atoms with Gasteiger partial charge < -0.3 is 70.2 Å². The molecule has 1 aromatic rings. The van der Waals surface area contributed by atoms with Gasteiger partial charge in [-0.05, 0) is 63.1 Å². The highest BCUT2D eigenvalue weighted by Gasteiger charge is 2.41. The first-order valence-corrected chi connectivity index (χ1v) is 23.9. The minimum absolute atomic E-state index is 0.0484. The predicted octanol–water partition coefficient (Wildman–Crippen LogP) is -4.24. The highest BCUT2D eigenvalue weighted by Crippen LogP contribution is 2.26. The summed E-state index contributed by atoms with van der Waals surface area (Å²) in [4.78, 5) is 147. The van der Waals surface area contributed by atoms with Crippen LogP contribution < -0.4 is 60.2 Å². The standard InChI is InChI=1S/C41H62N12O12S2/c1-20(2)14-25(34(59)46-17-32(45)57)49-38(63)29-6-5-13-53(29)39(64)28-19-67-66-18-23(42)33(58)47-26(15-21-7-9-22(54)10-8-21)37(62)52-41(3,4)40(65)51-24(11-12-30(43)55)35(60)48-27(16-31(44)56)36(61)50-28/h7-10,20,23-29,54H,5-6,11-19,42H2,1-4H3,(H2,43,55)(H2,44,56)(H2,45,57)(H,46,59)(H,47,58)(H,48,60)(H,49,63)(H,50,61)(H,51,65)(H,52,62)/t23-,24-,25-,26-,27-,28-,29-/m0/s1. The second kappa shape index (κ2) is 25.7.